The first-order valence-electron chi connectivity index (χ1n) is 6.08. The van der Waals surface area contributed by atoms with Crippen LogP contribution >= 0.6 is 15.9 Å². The highest BCUT2D eigenvalue weighted by Crippen LogP contribution is 2.29. The number of halogens is 1. The number of hydrogen-bond acceptors (Lipinski definition) is 3. The van der Waals surface area contributed by atoms with Gasteiger partial charge in [0.1, 0.15) is 17.4 Å². The molecule has 0 saturated heterocycles. The quantitative estimate of drug-likeness (QED) is 0.908. The Labute approximate surface area is 115 Å². The highest BCUT2D eigenvalue weighted by atomic mass is 79.9. The second-order valence-corrected chi connectivity index (χ2v) is 5.78. The van der Waals surface area contributed by atoms with Crippen LogP contribution in [0.1, 0.15) is 31.3 Å². The molecule has 4 heteroatoms. The molecule has 98 valence electrons. The number of aryl methyl sites for hydroxylation is 1. The van der Waals surface area contributed by atoms with Gasteiger partial charge >= 0.3 is 0 Å². The van der Waals surface area contributed by atoms with Crippen LogP contribution in [0.25, 0.3) is 11.0 Å². The molecule has 1 aromatic carbocycles. The Hall–Kier alpha value is -0.840. The molecule has 0 amide bonds. The third kappa shape index (κ3) is 2.94. The van der Waals surface area contributed by atoms with E-state index < -0.39 is 6.10 Å². The van der Waals surface area contributed by atoms with E-state index in [4.69, 9.17) is 4.42 Å². The van der Waals surface area contributed by atoms with E-state index in [1.165, 1.54) is 0 Å². The van der Waals surface area contributed by atoms with Gasteiger partial charge < -0.3 is 14.8 Å². The zero-order valence-corrected chi connectivity index (χ0v) is 12.4. The van der Waals surface area contributed by atoms with Crippen LogP contribution in [0.15, 0.2) is 27.1 Å². The molecule has 2 aromatic rings. The molecule has 0 radical (unpaired) electrons. The van der Waals surface area contributed by atoms with E-state index in [0.29, 0.717) is 18.3 Å². The molecule has 0 spiro atoms. The molecule has 0 fully saturated rings. The van der Waals surface area contributed by atoms with Crippen molar-refractivity contribution in [3.05, 3.63) is 34.0 Å². The Morgan fingerprint density at radius 3 is 2.72 bits per heavy atom. The van der Waals surface area contributed by atoms with E-state index in [2.05, 4.69) is 21.2 Å². The highest BCUT2D eigenvalue weighted by molar-refractivity contribution is 9.10. The van der Waals surface area contributed by atoms with Gasteiger partial charge in [0.25, 0.3) is 0 Å². The van der Waals surface area contributed by atoms with Crippen molar-refractivity contribution in [1.82, 2.24) is 5.32 Å². The molecule has 0 aliphatic heterocycles. The molecule has 2 N–H and O–H groups in total. The number of aliphatic hydroxyl groups excluding tert-OH is 1. The monoisotopic (exact) mass is 311 g/mol. The van der Waals surface area contributed by atoms with Crippen LogP contribution in [0.5, 0.6) is 0 Å². The van der Waals surface area contributed by atoms with E-state index in [-0.39, 0.29) is 0 Å². The van der Waals surface area contributed by atoms with Crippen LogP contribution in [-0.4, -0.2) is 17.7 Å². The fourth-order valence-corrected chi connectivity index (χ4v) is 2.51. The molecular weight excluding hydrogens is 294 g/mol. The zero-order valence-electron chi connectivity index (χ0n) is 10.8. The Balaban J connectivity index is 2.27. The van der Waals surface area contributed by atoms with Gasteiger partial charge in [-0.25, -0.2) is 0 Å². The SMILES string of the molecule is Cc1cc(Br)cc2cc(C(O)CNC(C)C)oc12. The molecule has 18 heavy (non-hydrogen) atoms. The lowest BCUT2D eigenvalue weighted by Gasteiger charge is -2.11. The second-order valence-electron chi connectivity index (χ2n) is 4.87. The molecule has 1 unspecified atom stereocenters. The first-order chi connectivity index (χ1) is 8.47. The standard InChI is InChI=1S/C14H18BrNO2/c1-8(2)16-7-12(17)13-6-10-5-11(15)4-9(3)14(10)18-13/h4-6,8,12,16-17H,7H2,1-3H3. The smallest absolute Gasteiger partial charge is 0.137 e. The maximum absolute atomic E-state index is 10.1. The first kappa shape index (κ1) is 13.6. The number of furan rings is 1. The Morgan fingerprint density at radius 1 is 1.33 bits per heavy atom. The molecule has 1 aromatic heterocycles. The predicted octanol–water partition coefficient (Wildman–Crippen LogP) is 3.54. The number of benzene rings is 1. The summed E-state index contributed by atoms with van der Waals surface area (Å²) >= 11 is 3.46. The fourth-order valence-electron chi connectivity index (χ4n) is 1.92. The Kier molecular flexibility index (Phi) is 4.10. The summed E-state index contributed by atoms with van der Waals surface area (Å²) in [5.74, 6) is 0.611. The molecule has 3 nitrogen and oxygen atoms in total. The minimum absolute atomic E-state index is 0.347. The van der Waals surface area contributed by atoms with Crippen molar-refractivity contribution in [1.29, 1.82) is 0 Å². The molecule has 0 aliphatic carbocycles. The van der Waals surface area contributed by atoms with Gasteiger partial charge in [0.15, 0.2) is 0 Å². The zero-order chi connectivity index (χ0) is 13.3. The van der Waals surface area contributed by atoms with Crippen LogP contribution in [0.3, 0.4) is 0 Å². The summed E-state index contributed by atoms with van der Waals surface area (Å²) in [5.41, 5.74) is 1.91. The molecule has 2 rings (SSSR count). The highest BCUT2D eigenvalue weighted by Gasteiger charge is 2.15. The van der Waals surface area contributed by atoms with Gasteiger partial charge in [0, 0.05) is 22.4 Å². The lowest BCUT2D eigenvalue weighted by molar-refractivity contribution is 0.147. The van der Waals surface area contributed by atoms with Crippen molar-refractivity contribution in [2.45, 2.75) is 32.9 Å². The lowest BCUT2D eigenvalue weighted by atomic mass is 10.1. The van der Waals surface area contributed by atoms with E-state index in [1.54, 1.807) is 0 Å². The van der Waals surface area contributed by atoms with Crippen molar-refractivity contribution >= 4 is 26.9 Å². The van der Waals surface area contributed by atoms with E-state index in [9.17, 15) is 5.11 Å². The van der Waals surface area contributed by atoms with Crippen molar-refractivity contribution < 1.29 is 9.52 Å². The summed E-state index contributed by atoms with van der Waals surface area (Å²) in [6.45, 7) is 6.59. The van der Waals surface area contributed by atoms with E-state index in [0.717, 1.165) is 21.0 Å². The van der Waals surface area contributed by atoms with Gasteiger partial charge in [-0.05, 0) is 30.7 Å². The molecule has 0 saturated carbocycles. The maximum atomic E-state index is 10.1. The largest absolute Gasteiger partial charge is 0.458 e. The Morgan fingerprint density at radius 2 is 2.06 bits per heavy atom. The number of rotatable bonds is 4. The summed E-state index contributed by atoms with van der Waals surface area (Å²) < 4.78 is 6.76. The topological polar surface area (TPSA) is 45.4 Å². The van der Waals surface area contributed by atoms with Crippen LogP contribution in [-0.2, 0) is 0 Å². The number of nitrogens with one attached hydrogen (secondary N) is 1. The fraction of sp³-hybridized carbons (Fsp3) is 0.429. The predicted molar refractivity (Wildman–Crippen MR) is 76.7 cm³/mol. The van der Waals surface area contributed by atoms with Crippen molar-refractivity contribution in [2.24, 2.45) is 0 Å². The summed E-state index contributed by atoms with van der Waals surface area (Å²) in [7, 11) is 0. The van der Waals surface area contributed by atoms with Crippen LogP contribution < -0.4 is 5.32 Å². The maximum Gasteiger partial charge on any atom is 0.137 e. The second kappa shape index (κ2) is 5.43. The molecular formula is C14H18BrNO2. The first-order valence-corrected chi connectivity index (χ1v) is 6.87. The van der Waals surface area contributed by atoms with Crippen LogP contribution in [0.4, 0.5) is 0 Å². The average Bonchev–Trinajstić information content (AvgIpc) is 2.69. The van der Waals surface area contributed by atoms with Gasteiger partial charge in [-0.15, -0.1) is 0 Å². The minimum Gasteiger partial charge on any atom is -0.458 e. The van der Waals surface area contributed by atoms with Crippen molar-refractivity contribution in [3.63, 3.8) is 0 Å². The number of fused-ring (bicyclic) bond motifs is 1. The average molecular weight is 312 g/mol. The van der Waals surface area contributed by atoms with Crippen molar-refractivity contribution in [2.75, 3.05) is 6.54 Å². The number of hydrogen-bond donors (Lipinski definition) is 2. The molecule has 1 atom stereocenters. The summed E-state index contributed by atoms with van der Waals surface area (Å²) in [4.78, 5) is 0. The third-order valence-electron chi connectivity index (χ3n) is 2.83. The van der Waals surface area contributed by atoms with Gasteiger partial charge in [-0.2, -0.15) is 0 Å². The summed E-state index contributed by atoms with van der Waals surface area (Å²) in [6, 6.07) is 6.26. The minimum atomic E-state index is -0.613. The van der Waals surface area contributed by atoms with Gasteiger partial charge in [0.2, 0.25) is 0 Å². The molecule has 0 bridgehead atoms. The normalized spacial score (nSPS) is 13.4. The molecule has 1 heterocycles. The van der Waals surface area contributed by atoms with Gasteiger partial charge in [0.05, 0.1) is 0 Å². The van der Waals surface area contributed by atoms with Crippen LogP contribution in [0, 0.1) is 6.92 Å². The molecule has 0 aliphatic rings. The third-order valence-corrected chi connectivity index (χ3v) is 3.29. The number of aliphatic hydroxyl groups is 1. The Bertz CT molecular complexity index is 548. The van der Waals surface area contributed by atoms with E-state index >= 15 is 0 Å². The van der Waals surface area contributed by atoms with Crippen LogP contribution in [0.2, 0.25) is 0 Å². The summed E-state index contributed by atoms with van der Waals surface area (Å²) in [6.07, 6.45) is -0.613. The van der Waals surface area contributed by atoms with Gasteiger partial charge in [-0.1, -0.05) is 29.8 Å². The van der Waals surface area contributed by atoms with Gasteiger partial charge in [-0.3, -0.25) is 0 Å². The lowest BCUT2D eigenvalue weighted by Crippen LogP contribution is -2.27. The van der Waals surface area contributed by atoms with E-state index in [1.807, 2.05) is 39.0 Å². The van der Waals surface area contributed by atoms with Crippen molar-refractivity contribution in [3.8, 4) is 0 Å². The summed E-state index contributed by atoms with van der Waals surface area (Å²) in [5, 5.41) is 14.3.